The SMILES string of the molecule is C[C@@H](C(C=NNC(N)=S)=NNC(N)=S)N1C(=O)c2ccccc2C1=O. The molecule has 1 atom stereocenters. The molecule has 11 heteroatoms. The minimum absolute atomic E-state index is 0.0497. The Bertz CT molecular complexity index is 771. The molecule has 0 radical (unpaired) electrons. The predicted octanol–water partition coefficient (Wildman–Crippen LogP) is -0.321. The monoisotopic (exact) mass is 377 g/mol. The van der Waals surface area contributed by atoms with E-state index in [1.54, 1.807) is 31.2 Å². The number of fused-ring (bicyclic) bond motifs is 1. The van der Waals surface area contributed by atoms with E-state index in [0.29, 0.717) is 11.1 Å². The highest BCUT2D eigenvalue weighted by atomic mass is 32.1. The standard InChI is InChI=1S/C14H15N7O2S2/c1-7(10(18-20-14(16)25)6-17-19-13(15)24)21-11(22)8-4-2-3-5-9(8)12(21)23/h2-7H,1H3,(H3,15,19,24)(H3,16,20,25)/t7-/m0/s1. The average molecular weight is 377 g/mol. The van der Waals surface area contributed by atoms with E-state index in [-0.39, 0.29) is 15.9 Å². The first-order valence-corrected chi connectivity index (χ1v) is 7.83. The van der Waals surface area contributed by atoms with E-state index in [9.17, 15) is 9.59 Å². The van der Waals surface area contributed by atoms with Crippen LogP contribution in [0.2, 0.25) is 0 Å². The Morgan fingerprint density at radius 1 is 1.12 bits per heavy atom. The third-order valence-electron chi connectivity index (χ3n) is 3.31. The maximum Gasteiger partial charge on any atom is 0.262 e. The Labute approximate surface area is 154 Å². The van der Waals surface area contributed by atoms with Gasteiger partial charge in [-0.25, -0.2) is 0 Å². The summed E-state index contributed by atoms with van der Waals surface area (Å²) in [6, 6.07) is 5.82. The number of hydrogen-bond donors (Lipinski definition) is 4. The van der Waals surface area contributed by atoms with Crippen molar-refractivity contribution in [1.82, 2.24) is 15.8 Å². The topological polar surface area (TPSA) is 138 Å². The molecule has 25 heavy (non-hydrogen) atoms. The fraction of sp³-hybridized carbons (Fsp3) is 0.143. The first-order valence-electron chi connectivity index (χ1n) is 7.01. The van der Waals surface area contributed by atoms with Crippen LogP contribution in [-0.4, -0.2) is 44.9 Å². The average Bonchev–Trinajstić information content (AvgIpc) is 2.81. The highest BCUT2D eigenvalue weighted by molar-refractivity contribution is 7.80. The van der Waals surface area contributed by atoms with E-state index in [4.69, 9.17) is 23.7 Å². The molecule has 9 nitrogen and oxygen atoms in total. The van der Waals surface area contributed by atoms with Crippen molar-refractivity contribution >= 4 is 58.4 Å². The highest BCUT2D eigenvalue weighted by Gasteiger charge is 2.39. The summed E-state index contributed by atoms with van der Waals surface area (Å²) in [5.41, 5.74) is 16.3. The van der Waals surface area contributed by atoms with Gasteiger partial charge in [0.2, 0.25) is 0 Å². The lowest BCUT2D eigenvalue weighted by molar-refractivity contribution is 0.0636. The molecule has 2 amide bonds. The summed E-state index contributed by atoms with van der Waals surface area (Å²) in [5, 5.41) is 7.64. The summed E-state index contributed by atoms with van der Waals surface area (Å²) in [6.45, 7) is 1.62. The summed E-state index contributed by atoms with van der Waals surface area (Å²) in [4.78, 5) is 26.2. The highest BCUT2D eigenvalue weighted by Crippen LogP contribution is 2.24. The third-order valence-corrected chi connectivity index (χ3v) is 3.49. The molecular formula is C14H15N7O2S2. The van der Waals surface area contributed by atoms with Gasteiger partial charge in [0.25, 0.3) is 11.8 Å². The summed E-state index contributed by atoms with van der Waals surface area (Å²) in [6.07, 6.45) is 1.26. The number of nitrogens with one attached hydrogen (secondary N) is 2. The first-order chi connectivity index (χ1) is 11.8. The van der Waals surface area contributed by atoms with Crippen LogP contribution in [0, 0.1) is 0 Å². The van der Waals surface area contributed by atoms with Crippen LogP contribution >= 0.6 is 24.4 Å². The van der Waals surface area contributed by atoms with Crippen LogP contribution in [0.3, 0.4) is 0 Å². The number of hydrogen-bond acceptors (Lipinski definition) is 6. The van der Waals surface area contributed by atoms with Gasteiger partial charge >= 0.3 is 0 Å². The van der Waals surface area contributed by atoms with Crippen LogP contribution in [0.15, 0.2) is 34.5 Å². The first kappa shape index (κ1) is 18.4. The van der Waals surface area contributed by atoms with Gasteiger partial charge in [-0.3, -0.25) is 25.3 Å². The number of nitrogens with zero attached hydrogens (tertiary/aromatic N) is 3. The molecule has 2 rings (SSSR count). The minimum Gasteiger partial charge on any atom is -0.375 e. The lowest BCUT2D eigenvalue weighted by Gasteiger charge is -2.22. The number of benzene rings is 1. The molecule has 1 aromatic rings. The van der Waals surface area contributed by atoms with Crippen molar-refractivity contribution in [2.75, 3.05) is 0 Å². The van der Waals surface area contributed by atoms with Gasteiger partial charge in [-0.15, -0.1) is 0 Å². The van der Waals surface area contributed by atoms with E-state index in [1.807, 2.05) is 0 Å². The quantitative estimate of drug-likeness (QED) is 0.237. The lowest BCUT2D eigenvalue weighted by Crippen LogP contribution is -2.44. The van der Waals surface area contributed by atoms with Gasteiger partial charge in [-0.05, 0) is 43.5 Å². The molecular weight excluding hydrogens is 362 g/mol. The van der Waals surface area contributed by atoms with E-state index >= 15 is 0 Å². The maximum absolute atomic E-state index is 12.6. The Balaban J connectivity index is 2.31. The molecule has 0 aromatic heterocycles. The second-order valence-electron chi connectivity index (χ2n) is 4.95. The van der Waals surface area contributed by atoms with Crippen molar-refractivity contribution in [3.8, 4) is 0 Å². The third kappa shape index (κ3) is 4.14. The second kappa shape index (κ2) is 7.77. The molecule has 1 aliphatic heterocycles. The van der Waals surface area contributed by atoms with Crippen molar-refractivity contribution in [1.29, 1.82) is 0 Å². The molecule has 0 unspecified atom stereocenters. The molecule has 0 spiro atoms. The van der Waals surface area contributed by atoms with Crippen LogP contribution in [0.5, 0.6) is 0 Å². The van der Waals surface area contributed by atoms with Crippen LogP contribution in [0.25, 0.3) is 0 Å². The number of rotatable bonds is 5. The van der Waals surface area contributed by atoms with Crippen molar-refractivity contribution in [2.45, 2.75) is 13.0 Å². The number of imide groups is 1. The number of carbonyl (C=O) groups excluding carboxylic acids is 2. The predicted molar refractivity (Wildman–Crippen MR) is 102 cm³/mol. The second-order valence-corrected chi connectivity index (χ2v) is 5.83. The molecule has 1 heterocycles. The van der Waals surface area contributed by atoms with Crippen molar-refractivity contribution < 1.29 is 9.59 Å². The van der Waals surface area contributed by atoms with Gasteiger partial charge in [0.15, 0.2) is 10.2 Å². The summed E-state index contributed by atoms with van der Waals surface area (Å²) < 4.78 is 0. The fourth-order valence-electron chi connectivity index (χ4n) is 2.20. The number of carbonyl (C=O) groups is 2. The Hall–Kier alpha value is -2.92. The van der Waals surface area contributed by atoms with Crippen LogP contribution in [-0.2, 0) is 0 Å². The van der Waals surface area contributed by atoms with Crippen LogP contribution in [0.4, 0.5) is 0 Å². The van der Waals surface area contributed by atoms with Crippen LogP contribution in [0.1, 0.15) is 27.6 Å². The largest absolute Gasteiger partial charge is 0.375 e. The molecule has 0 saturated heterocycles. The van der Waals surface area contributed by atoms with E-state index in [2.05, 4.69) is 33.3 Å². The van der Waals surface area contributed by atoms with E-state index in [0.717, 1.165) is 4.90 Å². The number of nitrogens with two attached hydrogens (primary N) is 2. The van der Waals surface area contributed by atoms with Crippen molar-refractivity contribution in [3.63, 3.8) is 0 Å². The molecule has 0 saturated carbocycles. The number of thiocarbonyl (C=S) groups is 2. The molecule has 0 bridgehead atoms. The Kier molecular flexibility index (Phi) is 5.72. The van der Waals surface area contributed by atoms with Gasteiger partial charge in [-0.1, -0.05) is 12.1 Å². The van der Waals surface area contributed by atoms with E-state index < -0.39 is 17.9 Å². The van der Waals surface area contributed by atoms with Crippen molar-refractivity contribution in [3.05, 3.63) is 35.4 Å². The Morgan fingerprint density at radius 2 is 1.64 bits per heavy atom. The van der Waals surface area contributed by atoms with Crippen LogP contribution < -0.4 is 22.3 Å². The molecule has 0 aliphatic carbocycles. The molecule has 1 aliphatic rings. The Morgan fingerprint density at radius 3 is 2.12 bits per heavy atom. The fourth-order valence-corrected chi connectivity index (χ4v) is 2.30. The molecule has 6 N–H and O–H groups in total. The lowest BCUT2D eigenvalue weighted by atomic mass is 10.1. The zero-order valence-electron chi connectivity index (χ0n) is 13.1. The number of amides is 2. The minimum atomic E-state index is -0.744. The zero-order chi connectivity index (χ0) is 18.6. The summed E-state index contributed by atoms with van der Waals surface area (Å²) >= 11 is 9.35. The van der Waals surface area contributed by atoms with Gasteiger partial charge in [-0.2, -0.15) is 10.2 Å². The van der Waals surface area contributed by atoms with Gasteiger partial charge in [0, 0.05) is 0 Å². The normalized spacial score (nSPS) is 15.2. The van der Waals surface area contributed by atoms with Crippen molar-refractivity contribution in [2.24, 2.45) is 21.7 Å². The van der Waals surface area contributed by atoms with Gasteiger partial charge in [0.1, 0.15) is 5.71 Å². The molecule has 0 fully saturated rings. The molecule has 130 valence electrons. The summed E-state index contributed by atoms with van der Waals surface area (Å²) in [7, 11) is 0. The van der Waals surface area contributed by atoms with Gasteiger partial charge in [0.05, 0.1) is 23.4 Å². The zero-order valence-corrected chi connectivity index (χ0v) is 14.7. The maximum atomic E-state index is 12.6. The van der Waals surface area contributed by atoms with E-state index in [1.165, 1.54) is 6.21 Å². The number of hydrazone groups is 2. The molecule has 1 aromatic carbocycles. The summed E-state index contributed by atoms with van der Waals surface area (Å²) in [5.74, 6) is -0.848. The smallest absolute Gasteiger partial charge is 0.262 e. The van der Waals surface area contributed by atoms with Gasteiger partial charge < -0.3 is 11.5 Å².